The standard InChI is InChI=1S/C11H12BrN/c1-3-4-8-13-11-7-5-6-10(12)9(11)2/h5-7,13H,8H2,1-2H3. The maximum Gasteiger partial charge on any atom is 0.0765 e. The van der Waals surface area contributed by atoms with E-state index in [1.807, 2.05) is 19.1 Å². The van der Waals surface area contributed by atoms with E-state index >= 15 is 0 Å². The van der Waals surface area contributed by atoms with Gasteiger partial charge in [-0.05, 0) is 31.5 Å². The van der Waals surface area contributed by atoms with Crippen molar-refractivity contribution < 1.29 is 0 Å². The van der Waals surface area contributed by atoms with E-state index in [0.29, 0.717) is 6.54 Å². The molecule has 2 heteroatoms. The summed E-state index contributed by atoms with van der Waals surface area (Å²) >= 11 is 3.48. The lowest BCUT2D eigenvalue weighted by Gasteiger charge is -2.07. The van der Waals surface area contributed by atoms with Crippen LogP contribution in [-0.2, 0) is 0 Å². The Labute approximate surface area is 87.7 Å². The minimum absolute atomic E-state index is 0.702. The minimum Gasteiger partial charge on any atom is -0.374 e. The number of hydrogen-bond donors (Lipinski definition) is 1. The molecule has 1 aromatic carbocycles. The first-order valence-corrected chi connectivity index (χ1v) is 4.93. The van der Waals surface area contributed by atoms with Gasteiger partial charge in [0.15, 0.2) is 0 Å². The van der Waals surface area contributed by atoms with Gasteiger partial charge in [-0.3, -0.25) is 0 Å². The average Bonchev–Trinajstić information content (AvgIpc) is 2.13. The van der Waals surface area contributed by atoms with Crippen LogP contribution in [0.5, 0.6) is 0 Å². The summed E-state index contributed by atoms with van der Waals surface area (Å²) in [5.74, 6) is 5.81. The zero-order valence-corrected chi connectivity index (χ0v) is 9.40. The Morgan fingerprint density at radius 2 is 2.23 bits per heavy atom. The van der Waals surface area contributed by atoms with Crippen LogP contribution >= 0.6 is 15.9 Å². The number of benzene rings is 1. The Balaban J connectivity index is 2.75. The lowest BCUT2D eigenvalue weighted by atomic mass is 10.2. The van der Waals surface area contributed by atoms with Crippen molar-refractivity contribution in [3.8, 4) is 11.8 Å². The Hall–Kier alpha value is -0.940. The molecule has 0 heterocycles. The highest BCUT2D eigenvalue weighted by Crippen LogP contribution is 2.22. The first-order chi connectivity index (χ1) is 6.25. The second-order valence-electron chi connectivity index (χ2n) is 2.69. The monoisotopic (exact) mass is 237 g/mol. The molecule has 68 valence electrons. The van der Waals surface area contributed by atoms with Crippen molar-refractivity contribution in [2.75, 3.05) is 11.9 Å². The number of hydrogen-bond acceptors (Lipinski definition) is 1. The van der Waals surface area contributed by atoms with Gasteiger partial charge in [-0.15, -0.1) is 5.92 Å². The summed E-state index contributed by atoms with van der Waals surface area (Å²) < 4.78 is 1.13. The van der Waals surface area contributed by atoms with Crippen LogP contribution in [0.1, 0.15) is 12.5 Å². The third-order valence-electron chi connectivity index (χ3n) is 1.81. The molecule has 1 aromatic rings. The Bertz CT molecular complexity index is 347. The molecule has 0 aliphatic carbocycles. The van der Waals surface area contributed by atoms with Crippen molar-refractivity contribution in [3.63, 3.8) is 0 Å². The van der Waals surface area contributed by atoms with Crippen molar-refractivity contribution in [1.82, 2.24) is 0 Å². The molecule has 0 radical (unpaired) electrons. The molecular formula is C11H12BrN. The van der Waals surface area contributed by atoms with Gasteiger partial charge in [0.1, 0.15) is 0 Å². The van der Waals surface area contributed by atoms with Gasteiger partial charge in [-0.25, -0.2) is 0 Å². The molecule has 1 nitrogen and oxygen atoms in total. The van der Waals surface area contributed by atoms with Crippen LogP contribution in [0.25, 0.3) is 0 Å². The predicted octanol–water partition coefficient (Wildman–Crippen LogP) is 3.19. The largest absolute Gasteiger partial charge is 0.374 e. The first kappa shape index (κ1) is 10.1. The lowest BCUT2D eigenvalue weighted by molar-refractivity contribution is 1.32. The van der Waals surface area contributed by atoms with Crippen LogP contribution in [0.4, 0.5) is 5.69 Å². The Morgan fingerprint density at radius 3 is 2.92 bits per heavy atom. The average molecular weight is 238 g/mol. The fraction of sp³-hybridized carbons (Fsp3) is 0.273. The highest BCUT2D eigenvalue weighted by Gasteiger charge is 1.98. The zero-order valence-electron chi connectivity index (χ0n) is 7.82. The topological polar surface area (TPSA) is 12.0 Å². The quantitative estimate of drug-likeness (QED) is 0.780. The first-order valence-electron chi connectivity index (χ1n) is 4.14. The highest BCUT2D eigenvalue weighted by atomic mass is 79.9. The molecule has 0 aromatic heterocycles. The molecule has 1 N–H and O–H groups in total. The summed E-state index contributed by atoms with van der Waals surface area (Å²) in [7, 11) is 0. The molecule has 0 atom stereocenters. The molecule has 0 spiro atoms. The van der Waals surface area contributed by atoms with E-state index in [0.717, 1.165) is 10.2 Å². The molecule has 0 saturated carbocycles. The molecule has 0 aliphatic heterocycles. The van der Waals surface area contributed by atoms with E-state index in [2.05, 4.69) is 46.1 Å². The van der Waals surface area contributed by atoms with Gasteiger partial charge in [0.05, 0.1) is 6.54 Å². The summed E-state index contributed by atoms with van der Waals surface area (Å²) in [6.07, 6.45) is 0. The smallest absolute Gasteiger partial charge is 0.0765 e. The van der Waals surface area contributed by atoms with E-state index in [-0.39, 0.29) is 0 Å². The summed E-state index contributed by atoms with van der Waals surface area (Å²) in [4.78, 5) is 0. The van der Waals surface area contributed by atoms with E-state index in [9.17, 15) is 0 Å². The van der Waals surface area contributed by atoms with Gasteiger partial charge in [0.2, 0.25) is 0 Å². The number of nitrogens with one attached hydrogen (secondary N) is 1. The van der Waals surface area contributed by atoms with E-state index in [1.165, 1.54) is 5.56 Å². The second kappa shape index (κ2) is 4.94. The minimum atomic E-state index is 0.702. The summed E-state index contributed by atoms with van der Waals surface area (Å²) in [6.45, 7) is 4.62. The zero-order chi connectivity index (χ0) is 9.68. The van der Waals surface area contributed by atoms with Crippen molar-refractivity contribution >= 4 is 21.6 Å². The number of halogens is 1. The molecule has 0 amide bonds. The van der Waals surface area contributed by atoms with Crippen LogP contribution in [0.15, 0.2) is 22.7 Å². The van der Waals surface area contributed by atoms with Crippen molar-refractivity contribution in [3.05, 3.63) is 28.2 Å². The Morgan fingerprint density at radius 1 is 1.46 bits per heavy atom. The summed E-state index contributed by atoms with van der Waals surface area (Å²) in [5, 5.41) is 3.25. The maximum absolute atomic E-state index is 3.48. The van der Waals surface area contributed by atoms with Gasteiger partial charge in [0.25, 0.3) is 0 Å². The van der Waals surface area contributed by atoms with Crippen LogP contribution in [0, 0.1) is 18.8 Å². The van der Waals surface area contributed by atoms with Crippen LogP contribution in [0.2, 0.25) is 0 Å². The maximum atomic E-state index is 3.48. The van der Waals surface area contributed by atoms with E-state index < -0.39 is 0 Å². The third kappa shape index (κ3) is 2.78. The molecular weight excluding hydrogens is 226 g/mol. The molecule has 0 bridgehead atoms. The fourth-order valence-corrected chi connectivity index (χ4v) is 1.39. The molecule has 1 rings (SSSR count). The van der Waals surface area contributed by atoms with Gasteiger partial charge in [-0.1, -0.05) is 27.9 Å². The number of anilines is 1. The van der Waals surface area contributed by atoms with Crippen LogP contribution in [0.3, 0.4) is 0 Å². The van der Waals surface area contributed by atoms with Crippen molar-refractivity contribution in [2.24, 2.45) is 0 Å². The van der Waals surface area contributed by atoms with Gasteiger partial charge in [-0.2, -0.15) is 0 Å². The molecule has 0 unspecified atom stereocenters. The lowest BCUT2D eigenvalue weighted by Crippen LogP contribution is -2.00. The second-order valence-corrected chi connectivity index (χ2v) is 3.55. The highest BCUT2D eigenvalue weighted by molar-refractivity contribution is 9.10. The molecule has 0 fully saturated rings. The third-order valence-corrected chi connectivity index (χ3v) is 2.67. The fourth-order valence-electron chi connectivity index (χ4n) is 1.03. The van der Waals surface area contributed by atoms with Crippen LogP contribution in [-0.4, -0.2) is 6.54 Å². The molecule has 0 aliphatic rings. The normalized spacial score (nSPS) is 8.85. The summed E-state index contributed by atoms with van der Waals surface area (Å²) in [6, 6.07) is 6.10. The summed E-state index contributed by atoms with van der Waals surface area (Å²) in [5.41, 5.74) is 2.36. The SMILES string of the molecule is CC#CCNc1cccc(Br)c1C. The molecule has 13 heavy (non-hydrogen) atoms. The van der Waals surface area contributed by atoms with E-state index in [1.54, 1.807) is 0 Å². The van der Waals surface area contributed by atoms with Crippen LogP contribution < -0.4 is 5.32 Å². The van der Waals surface area contributed by atoms with Crippen molar-refractivity contribution in [1.29, 1.82) is 0 Å². The number of rotatable bonds is 2. The van der Waals surface area contributed by atoms with Gasteiger partial charge < -0.3 is 5.32 Å². The van der Waals surface area contributed by atoms with Gasteiger partial charge >= 0.3 is 0 Å². The molecule has 0 saturated heterocycles. The predicted molar refractivity (Wildman–Crippen MR) is 60.8 cm³/mol. The van der Waals surface area contributed by atoms with Crippen molar-refractivity contribution in [2.45, 2.75) is 13.8 Å². The Kier molecular flexibility index (Phi) is 3.85. The van der Waals surface area contributed by atoms with E-state index in [4.69, 9.17) is 0 Å². The van der Waals surface area contributed by atoms with Gasteiger partial charge in [0, 0.05) is 10.2 Å².